The first-order valence-corrected chi connectivity index (χ1v) is 7.65. The summed E-state index contributed by atoms with van der Waals surface area (Å²) in [4.78, 5) is 4.50. The molecule has 1 aromatic heterocycles. The van der Waals surface area contributed by atoms with Crippen molar-refractivity contribution in [1.82, 2.24) is 4.98 Å². The molecule has 106 valence electrons. The molecule has 19 heavy (non-hydrogen) atoms. The van der Waals surface area contributed by atoms with Gasteiger partial charge in [-0.15, -0.1) is 0 Å². The average molecular weight is 302 g/mol. The van der Waals surface area contributed by atoms with Gasteiger partial charge in [0.1, 0.15) is 11.6 Å². The Morgan fingerprint density at radius 1 is 1.21 bits per heavy atom. The van der Waals surface area contributed by atoms with Crippen LogP contribution in [0.1, 0.15) is 33.6 Å². The molecule has 1 aromatic rings. The maximum absolute atomic E-state index is 6.23. The number of rotatable bonds is 4. The summed E-state index contributed by atoms with van der Waals surface area (Å²) in [5.74, 6) is 2.80. The van der Waals surface area contributed by atoms with Crippen molar-refractivity contribution in [3.8, 4) is 0 Å². The molecule has 3 nitrogen and oxygen atoms in total. The Kier molecular flexibility index (Phi) is 4.80. The van der Waals surface area contributed by atoms with Crippen LogP contribution in [0, 0.1) is 11.8 Å². The van der Waals surface area contributed by atoms with Crippen LogP contribution in [-0.2, 0) is 0 Å². The highest BCUT2D eigenvalue weighted by molar-refractivity contribution is 6.37. The SMILES string of the molecule is CCNc1nc(NC2CCC(C)C2C)c(Cl)cc1Cl. The third-order valence-corrected chi connectivity index (χ3v) is 4.64. The monoisotopic (exact) mass is 301 g/mol. The van der Waals surface area contributed by atoms with Crippen molar-refractivity contribution >= 4 is 34.8 Å². The van der Waals surface area contributed by atoms with Crippen LogP contribution >= 0.6 is 23.2 Å². The van der Waals surface area contributed by atoms with Crippen molar-refractivity contribution in [2.24, 2.45) is 11.8 Å². The number of anilines is 2. The Labute approximate surface area is 125 Å². The number of hydrogen-bond acceptors (Lipinski definition) is 3. The van der Waals surface area contributed by atoms with Crippen LogP contribution < -0.4 is 10.6 Å². The highest BCUT2D eigenvalue weighted by Gasteiger charge is 2.30. The fourth-order valence-corrected chi connectivity index (χ4v) is 3.08. The Balaban J connectivity index is 2.18. The highest BCUT2D eigenvalue weighted by atomic mass is 35.5. The van der Waals surface area contributed by atoms with E-state index in [-0.39, 0.29) is 0 Å². The summed E-state index contributed by atoms with van der Waals surface area (Å²) in [5, 5.41) is 7.76. The molecule has 3 atom stereocenters. The zero-order chi connectivity index (χ0) is 14.0. The molecule has 2 N–H and O–H groups in total. The van der Waals surface area contributed by atoms with Crippen molar-refractivity contribution in [1.29, 1.82) is 0 Å². The molecule has 5 heteroatoms. The molecule has 0 aromatic carbocycles. The predicted molar refractivity (Wildman–Crippen MR) is 83.4 cm³/mol. The fourth-order valence-electron chi connectivity index (χ4n) is 2.60. The van der Waals surface area contributed by atoms with Gasteiger partial charge in [0, 0.05) is 12.6 Å². The second-order valence-electron chi connectivity index (χ2n) is 5.34. The zero-order valence-electron chi connectivity index (χ0n) is 11.6. The van der Waals surface area contributed by atoms with Crippen molar-refractivity contribution < 1.29 is 0 Å². The quantitative estimate of drug-likeness (QED) is 0.849. The average Bonchev–Trinajstić information content (AvgIpc) is 2.67. The van der Waals surface area contributed by atoms with Gasteiger partial charge in [-0.2, -0.15) is 0 Å². The highest BCUT2D eigenvalue weighted by Crippen LogP contribution is 2.35. The number of pyridine rings is 1. The van der Waals surface area contributed by atoms with E-state index >= 15 is 0 Å². The van der Waals surface area contributed by atoms with E-state index in [2.05, 4.69) is 29.5 Å². The van der Waals surface area contributed by atoms with Gasteiger partial charge in [-0.3, -0.25) is 0 Å². The molecule has 1 heterocycles. The van der Waals surface area contributed by atoms with E-state index in [0.717, 1.165) is 18.3 Å². The number of hydrogen-bond donors (Lipinski definition) is 2. The maximum atomic E-state index is 6.23. The first-order chi connectivity index (χ1) is 9.02. The predicted octanol–water partition coefficient (Wildman–Crippen LogP) is 4.67. The number of halogens is 2. The van der Waals surface area contributed by atoms with Gasteiger partial charge < -0.3 is 10.6 Å². The lowest BCUT2D eigenvalue weighted by Crippen LogP contribution is -2.25. The summed E-state index contributed by atoms with van der Waals surface area (Å²) in [6.07, 6.45) is 2.42. The van der Waals surface area contributed by atoms with Crippen molar-refractivity contribution in [3.63, 3.8) is 0 Å². The van der Waals surface area contributed by atoms with E-state index < -0.39 is 0 Å². The number of aromatic nitrogens is 1. The molecule has 0 spiro atoms. The first-order valence-electron chi connectivity index (χ1n) is 6.89. The summed E-state index contributed by atoms with van der Waals surface area (Å²) in [6.45, 7) is 7.38. The van der Waals surface area contributed by atoms with Gasteiger partial charge in [-0.1, -0.05) is 37.0 Å². The Hall–Kier alpha value is -0.670. The van der Waals surface area contributed by atoms with Gasteiger partial charge >= 0.3 is 0 Å². The van der Waals surface area contributed by atoms with E-state index in [1.165, 1.54) is 12.8 Å². The lowest BCUT2D eigenvalue weighted by molar-refractivity contribution is 0.435. The molecular formula is C14H21Cl2N3. The van der Waals surface area contributed by atoms with Crippen LogP contribution in [0.3, 0.4) is 0 Å². The molecule has 0 saturated heterocycles. The summed E-state index contributed by atoms with van der Waals surface area (Å²) in [6, 6.07) is 2.19. The zero-order valence-corrected chi connectivity index (χ0v) is 13.1. The van der Waals surface area contributed by atoms with E-state index in [0.29, 0.717) is 27.8 Å². The molecule has 0 amide bonds. The van der Waals surface area contributed by atoms with E-state index in [9.17, 15) is 0 Å². The van der Waals surface area contributed by atoms with Crippen molar-refractivity contribution in [2.75, 3.05) is 17.2 Å². The molecule has 1 fully saturated rings. The topological polar surface area (TPSA) is 37.0 Å². The van der Waals surface area contributed by atoms with Gasteiger partial charge in [0.25, 0.3) is 0 Å². The van der Waals surface area contributed by atoms with E-state index in [1.54, 1.807) is 6.07 Å². The van der Waals surface area contributed by atoms with Crippen LogP contribution in [0.2, 0.25) is 10.0 Å². The normalized spacial score (nSPS) is 26.5. The minimum atomic E-state index is 0.440. The van der Waals surface area contributed by atoms with E-state index in [1.807, 2.05) is 6.92 Å². The summed E-state index contributed by atoms with van der Waals surface area (Å²) in [7, 11) is 0. The standard InChI is InChI=1S/C14H21Cl2N3/c1-4-17-13-10(15)7-11(16)14(19-13)18-12-6-5-8(2)9(12)3/h7-9,12H,4-6H2,1-3H3,(H2,17,18,19). The molecule has 3 unspecified atom stereocenters. The van der Waals surface area contributed by atoms with Crippen LogP contribution in [0.15, 0.2) is 6.07 Å². The van der Waals surface area contributed by atoms with Gasteiger partial charge in [-0.05, 0) is 37.7 Å². The third-order valence-electron chi connectivity index (χ3n) is 4.06. The second kappa shape index (κ2) is 6.19. The van der Waals surface area contributed by atoms with Crippen molar-refractivity contribution in [2.45, 2.75) is 39.7 Å². The number of nitrogens with zero attached hydrogens (tertiary/aromatic N) is 1. The lowest BCUT2D eigenvalue weighted by atomic mass is 9.98. The molecule has 2 rings (SSSR count). The van der Waals surface area contributed by atoms with Gasteiger partial charge in [-0.25, -0.2) is 4.98 Å². The minimum Gasteiger partial charge on any atom is -0.369 e. The smallest absolute Gasteiger partial charge is 0.147 e. The molecule has 1 aliphatic carbocycles. The molecule has 0 aliphatic heterocycles. The maximum Gasteiger partial charge on any atom is 0.147 e. The van der Waals surface area contributed by atoms with Gasteiger partial charge in [0.15, 0.2) is 0 Å². The molecule has 0 radical (unpaired) electrons. The molecule has 0 bridgehead atoms. The Morgan fingerprint density at radius 2 is 1.89 bits per heavy atom. The van der Waals surface area contributed by atoms with Gasteiger partial charge in [0.2, 0.25) is 0 Å². The second-order valence-corrected chi connectivity index (χ2v) is 6.16. The van der Waals surface area contributed by atoms with Crippen LogP contribution in [0.5, 0.6) is 0 Å². The van der Waals surface area contributed by atoms with Crippen LogP contribution in [0.4, 0.5) is 11.6 Å². The summed E-state index contributed by atoms with van der Waals surface area (Å²) < 4.78 is 0. The molecular weight excluding hydrogens is 281 g/mol. The number of nitrogens with one attached hydrogen (secondary N) is 2. The van der Waals surface area contributed by atoms with Crippen LogP contribution in [-0.4, -0.2) is 17.6 Å². The molecule has 1 aliphatic rings. The lowest BCUT2D eigenvalue weighted by Gasteiger charge is -2.21. The summed E-state index contributed by atoms with van der Waals surface area (Å²) >= 11 is 12.3. The first kappa shape index (κ1) is 14.7. The fraction of sp³-hybridized carbons (Fsp3) is 0.643. The Morgan fingerprint density at radius 3 is 2.47 bits per heavy atom. The minimum absolute atomic E-state index is 0.440. The molecule has 1 saturated carbocycles. The largest absolute Gasteiger partial charge is 0.369 e. The summed E-state index contributed by atoms with van der Waals surface area (Å²) in [5.41, 5.74) is 0. The third kappa shape index (κ3) is 3.26. The van der Waals surface area contributed by atoms with E-state index in [4.69, 9.17) is 23.2 Å². The van der Waals surface area contributed by atoms with Gasteiger partial charge in [0.05, 0.1) is 10.0 Å². The van der Waals surface area contributed by atoms with Crippen molar-refractivity contribution in [3.05, 3.63) is 16.1 Å². The Bertz CT molecular complexity index is 451. The van der Waals surface area contributed by atoms with Crippen LogP contribution in [0.25, 0.3) is 0 Å².